The molecule has 0 heterocycles. The quantitative estimate of drug-likeness (QED) is 0.767. The van der Waals surface area contributed by atoms with Crippen molar-refractivity contribution < 1.29 is 19.4 Å². The van der Waals surface area contributed by atoms with Crippen LogP contribution in [0.15, 0.2) is 24.3 Å². The summed E-state index contributed by atoms with van der Waals surface area (Å²) in [6.45, 7) is -0.231. The van der Waals surface area contributed by atoms with Crippen LogP contribution in [0.25, 0.3) is 0 Å². The van der Waals surface area contributed by atoms with Gasteiger partial charge in [-0.25, -0.2) is 4.79 Å². The molecule has 0 aromatic heterocycles. The molecule has 0 saturated heterocycles. The van der Waals surface area contributed by atoms with Gasteiger partial charge in [0.2, 0.25) is 0 Å². The van der Waals surface area contributed by atoms with E-state index >= 15 is 0 Å². The van der Waals surface area contributed by atoms with Gasteiger partial charge in [0.25, 0.3) is 5.91 Å². The maximum atomic E-state index is 11.6. The summed E-state index contributed by atoms with van der Waals surface area (Å²) in [6, 6.07) is 5.68. The minimum absolute atomic E-state index is 0.231. The molecule has 20 heavy (non-hydrogen) atoms. The maximum Gasteiger partial charge on any atom is 0.326 e. The van der Waals surface area contributed by atoms with Crippen molar-refractivity contribution in [2.24, 2.45) is 0 Å². The van der Waals surface area contributed by atoms with E-state index in [0.29, 0.717) is 22.9 Å². The second-order valence-corrected chi connectivity index (χ2v) is 5.40. The van der Waals surface area contributed by atoms with Crippen molar-refractivity contribution in [1.82, 2.24) is 5.32 Å². The van der Waals surface area contributed by atoms with E-state index in [1.54, 1.807) is 24.3 Å². The minimum Gasteiger partial charge on any atom is -0.484 e. The predicted molar refractivity (Wildman–Crippen MR) is 79.5 cm³/mol. The van der Waals surface area contributed by atoms with Crippen LogP contribution in [-0.4, -0.2) is 41.6 Å². The lowest BCUT2D eigenvalue weighted by atomic mass is 10.2. The van der Waals surface area contributed by atoms with Crippen LogP contribution in [0.5, 0.6) is 5.75 Å². The Morgan fingerprint density at radius 1 is 1.40 bits per heavy atom. The van der Waals surface area contributed by atoms with E-state index in [1.165, 1.54) is 11.8 Å². The summed E-state index contributed by atoms with van der Waals surface area (Å²) < 4.78 is 5.24. The SMILES string of the molecule is CSCC[C@H](NC(=O)COc1ccc(Cl)cc1)C(=O)O. The molecule has 1 atom stereocenters. The first-order valence-electron chi connectivity index (χ1n) is 5.92. The number of amides is 1. The Bertz CT molecular complexity index is 452. The lowest BCUT2D eigenvalue weighted by Gasteiger charge is -2.14. The summed E-state index contributed by atoms with van der Waals surface area (Å²) in [5.74, 6) is -0.345. The van der Waals surface area contributed by atoms with Gasteiger partial charge in [0.05, 0.1) is 0 Å². The van der Waals surface area contributed by atoms with Gasteiger partial charge in [0.15, 0.2) is 6.61 Å². The number of thioether (sulfide) groups is 1. The number of benzene rings is 1. The molecule has 0 saturated carbocycles. The van der Waals surface area contributed by atoms with Crippen molar-refractivity contribution in [2.45, 2.75) is 12.5 Å². The first-order chi connectivity index (χ1) is 9.52. The van der Waals surface area contributed by atoms with Gasteiger partial charge in [-0.2, -0.15) is 11.8 Å². The molecule has 5 nitrogen and oxygen atoms in total. The van der Waals surface area contributed by atoms with Crippen LogP contribution in [0.4, 0.5) is 0 Å². The highest BCUT2D eigenvalue weighted by atomic mass is 35.5. The van der Waals surface area contributed by atoms with Gasteiger partial charge in [0.1, 0.15) is 11.8 Å². The van der Waals surface area contributed by atoms with Gasteiger partial charge in [-0.1, -0.05) is 11.6 Å². The lowest BCUT2D eigenvalue weighted by molar-refractivity contribution is -0.142. The molecule has 0 bridgehead atoms. The topological polar surface area (TPSA) is 75.6 Å². The molecule has 0 aliphatic carbocycles. The molecule has 2 N–H and O–H groups in total. The highest BCUT2D eigenvalue weighted by molar-refractivity contribution is 7.98. The van der Waals surface area contributed by atoms with E-state index in [1.807, 2.05) is 6.26 Å². The van der Waals surface area contributed by atoms with Crippen LogP contribution in [0.3, 0.4) is 0 Å². The number of nitrogens with one attached hydrogen (secondary N) is 1. The van der Waals surface area contributed by atoms with Crippen LogP contribution in [0.2, 0.25) is 5.02 Å². The molecule has 110 valence electrons. The monoisotopic (exact) mass is 317 g/mol. The zero-order valence-corrected chi connectivity index (χ0v) is 12.5. The molecule has 1 amide bonds. The highest BCUT2D eigenvalue weighted by Crippen LogP contribution is 2.15. The summed E-state index contributed by atoms with van der Waals surface area (Å²) in [6.07, 6.45) is 2.26. The molecule has 0 aliphatic heterocycles. The van der Waals surface area contributed by atoms with Crippen LogP contribution in [0, 0.1) is 0 Å². The smallest absolute Gasteiger partial charge is 0.326 e. The molecule has 1 aromatic rings. The fourth-order valence-electron chi connectivity index (χ4n) is 1.41. The van der Waals surface area contributed by atoms with Crippen molar-refractivity contribution in [2.75, 3.05) is 18.6 Å². The van der Waals surface area contributed by atoms with Crippen molar-refractivity contribution in [3.8, 4) is 5.75 Å². The zero-order chi connectivity index (χ0) is 15.0. The lowest BCUT2D eigenvalue weighted by Crippen LogP contribution is -2.43. The van der Waals surface area contributed by atoms with E-state index in [2.05, 4.69) is 5.32 Å². The number of carbonyl (C=O) groups excluding carboxylic acids is 1. The number of halogens is 1. The van der Waals surface area contributed by atoms with Gasteiger partial charge in [0, 0.05) is 5.02 Å². The third kappa shape index (κ3) is 6.16. The molecule has 0 spiro atoms. The molecule has 0 radical (unpaired) electrons. The molecule has 7 heteroatoms. The molecular formula is C13H16ClNO4S. The fraction of sp³-hybridized carbons (Fsp3) is 0.385. The van der Waals surface area contributed by atoms with Crippen molar-refractivity contribution >= 4 is 35.2 Å². The summed E-state index contributed by atoms with van der Waals surface area (Å²) in [7, 11) is 0. The van der Waals surface area contributed by atoms with Crippen LogP contribution in [-0.2, 0) is 9.59 Å². The van der Waals surface area contributed by atoms with E-state index < -0.39 is 17.9 Å². The molecule has 1 rings (SSSR count). The van der Waals surface area contributed by atoms with Crippen LogP contribution < -0.4 is 10.1 Å². The van der Waals surface area contributed by atoms with E-state index in [9.17, 15) is 9.59 Å². The molecule has 0 aliphatic rings. The Morgan fingerprint density at radius 3 is 2.60 bits per heavy atom. The maximum absolute atomic E-state index is 11.6. The van der Waals surface area contributed by atoms with Crippen LogP contribution >= 0.6 is 23.4 Å². The normalized spacial score (nSPS) is 11.7. The average Bonchev–Trinajstić information content (AvgIpc) is 2.42. The van der Waals surface area contributed by atoms with Gasteiger partial charge >= 0.3 is 5.97 Å². The number of carboxylic acids is 1. The van der Waals surface area contributed by atoms with E-state index in [4.69, 9.17) is 21.4 Å². The van der Waals surface area contributed by atoms with E-state index in [0.717, 1.165) is 0 Å². The van der Waals surface area contributed by atoms with Gasteiger partial charge in [-0.15, -0.1) is 0 Å². The van der Waals surface area contributed by atoms with Gasteiger partial charge in [-0.3, -0.25) is 4.79 Å². The Balaban J connectivity index is 2.41. The zero-order valence-electron chi connectivity index (χ0n) is 11.0. The predicted octanol–water partition coefficient (Wildman–Crippen LogP) is 2.04. The summed E-state index contributed by atoms with van der Waals surface area (Å²) in [4.78, 5) is 22.6. The van der Waals surface area contributed by atoms with Gasteiger partial charge in [-0.05, 0) is 42.7 Å². The second kappa shape index (κ2) is 8.71. The average molecular weight is 318 g/mol. The number of carbonyl (C=O) groups is 2. The van der Waals surface area contributed by atoms with Crippen molar-refractivity contribution in [3.05, 3.63) is 29.3 Å². The third-order valence-corrected chi connectivity index (χ3v) is 3.32. The third-order valence-electron chi connectivity index (χ3n) is 2.43. The molecular weight excluding hydrogens is 302 g/mol. The molecule has 0 fully saturated rings. The second-order valence-electron chi connectivity index (χ2n) is 3.98. The number of carboxylic acid groups (broad SMARTS) is 1. The Labute approximate surface area is 126 Å². The highest BCUT2D eigenvalue weighted by Gasteiger charge is 2.19. The number of aliphatic carboxylic acids is 1. The Hall–Kier alpha value is -1.40. The Kier molecular flexibility index (Phi) is 7.25. The fourth-order valence-corrected chi connectivity index (χ4v) is 2.01. The standard InChI is InChI=1S/C13H16ClNO4S/c1-20-7-6-11(13(17)18)15-12(16)8-19-10-4-2-9(14)3-5-10/h2-5,11H,6-8H2,1H3,(H,15,16)(H,17,18)/t11-/m0/s1. The largest absolute Gasteiger partial charge is 0.484 e. The summed E-state index contributed by atoms with van der Waals surface area (Å²) in [5.41, 5.74) is 0. The molecule has 0 unspecified atom stereocenters. The first kappa shape index (κ1) is 16.7. The van der Waals surface area contributed by atoms with Gasteiger partial charge < -0.3 is 15.2 Å². The summed E-state index contributed by atoms with van der Waals surface area (Å²) in [5, 5.41) is 12.0. The number of hydrogen-bond donors (Lipinski definition) is 2. The minimum atomic E-state index is -1.04. The van der Waals surface area contributed by atoms with Crippen molar-refractivity contribution in [3.63, 3.8) is 0 Å². The molecule has 1 aromatic carbocycles. The van der Waals surface area contributed by atoms with Crippen LogP contribution in [0.1, 0.15) is 6.42 Å². The number of ether oxygens (including phenoxy) is 1. The summed E-state index contributed by atoms with van der Waals surface area (Å²) >= 11 is 7.25. The number of rotatable bonds is 8. The first-order valence-corrected chi connectivity index (χ1v) is 7.69. The van der Waals surface area contributed by atoms with E-state index in [-0.39, 0.29) is 6.61 Å². The van der Waals surface area contributed by atoms with Crippen molar-refractivity contribution in [1.29, 1.82) is 0 Å². The Morgan fingerprint density at radius 2 is 2.05 bits per heavy atom. The number of hydrogen-bond acceptors (Lipinski definition) is 4.